The lowest BCUT2D eigenvalue weighted by molar-refractivity contribution is -0.115. The van der Waals surface area contributed by atoms with Gasteiger partial charge in [0.05, 0.1) is 12.1 Å². The predicted octanol–water partition coefficient (Wildman–Crippen LogP) is 4.89. The molecule has 0 aliphatic heterocycles. The van der Waals surface area contributed by atoms with Crippen LogP contribution < -0.4 is 16.0 Å². The van der Waals surface area contributed by atoms with Gasteiger partial charge in [-0.25, -0.2) is 9.78 Å². The van der Waals surface area contributed by atoms with Gasteiger partial charge in [0.25, 0.3) is 0 Å². The number of carbonyl (C=O) groups is 2. The van der Waals surface area contributed by atoms with E-state index in [0.717, 1.165) is 22.4 Å². The molecule has 0 radical (unpaired) electrons. The van der Waals surface area contributed by atoms with E-state index in [9.17, 15) is 9.59 Å². The SMILES string of the molecule is Cc1cccc(NC(=O)Nc2nc(CC(=O)Nc3cc(C)ccc3C)cs2)c1. The maximum atomic E-state index is 12.3. The van der Waals surface area contributed by atoms with Crippen LogP contribution in [0.2, 0.25) is 0 Å². The molecule has 28 heavy (non-hydrogen) atoms. The Kier molecular flexibility index (Phi) is 6.06. The largest absolute Gasteiger partial charge is 0.325 e. The number of hydrogen-bond donors (Lipinski definition) is 3. The molecule has 7 heteroatoms. The van der Waals surface area contributed by atoms with Gasteiger partial charge in [0, 0.05) is 16.8 Å². The second-order valence-electron chi connectivity index (χ2n) is 6.64. The van der Waals surface area contributed by atoms with E-state index in [-0.39, 0.29) is 18.4 Å². The third kappa shape index (κ3) is 5.40. The van der Waals surface area contributed by atoms with Crippen LogP contribution in [0.15, 0.2) is 47.8 Å². The van der Waals surface area contributed by atoms with Crippen LogP contribution in [0.1, 0.15) is 22.4 Å². The molecule has 0 aliphatic carbocycles. The van der Waals surface area contributed by atoms with E-state index in [1.807, 2.05) is 63.2 Å². The highest BCUT2D eigenvalue weighted by molar-refractivity contribution is 7.14. The Morgan fingerprint density at radius 3 is 2.54 bits per heavy atom. The molecule has 2 aromatic carbocycles. The first-order valence-electron chi connectivity index (χ1n) is 8.85. The number of thiazole rings is 1. The van der Waals surface area contributed by atoms with E-state index in [0.29, 0.717) is 16.5 Å². The molecule has 0 saturated heterocycles. The van der Waals surface area contributed by atoms with Gasteiger partial charge in [-0.05, 0) is 55.7 Å². The lowest BCUT2D eigenvalue weighted by Crippen LogP contribution is -2.19. The van der Waals surface area contributed by atoms with E-state index in [1.165, 1.54) is 11.3 Å². The topological polar surface area (TPSA) is 83.1 Å². The fourth-order valence-corrected chi connectivity index (χ4v) is 3.36. The number of aromatic nitrogens is 1. The summed E-state index contributed by atoms with van der Waals surface area (Å²) in [6.07, 6.45) is 0.144. The van der Waals surface area contributed by atoms with Crippen molar-refractivity contribution in [1.29, 1.82) is 0 Å². The molecule has 0 saturated carbocycles. The van der Waals surface area contributed by atoms with Gasteiger partial charge in [-0.2, -0.15) is 0 Å². The highest BCUT2D eigenvalue weighted by Crippen LogP contribution is 2.19. The van der Waals surface area contributed by atoms with Gasteiger partial charge in [0.15, 0.2) is 5.13 Å². The standard InChI is InChI=1S/C21H22N4O2S/c1-13-5-4-6-16(9-13)22-20(27)25-21-23-17(12-28-21)11-19(26)24-18-10-14(2)7-8-15(18)3/h4-10,12H,11H2,1-3H3,(H,24,26)(H2,22,23,25,27). The summed E-state index contributed by atoms with van der Waals surface area (Å²) >= 11 is 1.28. The summed E-state index contributed by atoms with van der Waals surface area (Å²) in [5.74, 6) is -0.144. The summed E-state index contributed by atoms with van der Waals surface area (Å²) in [6.45, 7) is 5.89. The van der Waals surface area contributed by atoms with Crippen LogP contribution in [-0.2, 0) is 11.2 Å². The fourth-order valence-electron chi connectivity index (χ4n) is 2.66. The Labute approximate surface area is 168 Å². The molecule has 3 aromatic rings. The minimum absolute atomic E-state index is 0.144. The molecule has 0 atom stereocenters. The smallest absolute Gasteiger partial charge is 0.325 e. The quantitative estimate of drug-likeness (QED) is 0.576. The molecular weight excluding hydrogens is 372 g/mol. The average molecular weight is 395 g/mol. The Balaban J connectivity index is 1.55. The monoisotopic (exact) mass is 394 g/mol. The summed E-state index contributed by atoms with van der Waals surface area (Å²) in [4.78, 5) is 28.7. The molecule has 1 aromatic heterocycles. The summed E-state index contributed by atoms with van der Waals surface area (Å²) < 4.78 is 0. The fraction of sp³-hybridized carbons (Fsp3) is 0.190. The van der Waals surface area contributed by atoms with Crippen molar-refractivity contribution in [1.82, 2.24) is 4.98 Å². The van der Waals surface area contributed by atoms with E-state index in [4.69, 9.17) is 0 Å². The van der Waals surface area contributed by atoms with Crippen LogP contribution >= 0.6 is 11.3 Å². The second kappa shape index (κ2) is 8.67. The number of rotatable bonds is 5. The molecule has 0 aliphatic rings. The summed E-state index contributed by atoms with van der Waals surface area (Å²) in [6, 6.07) is 13.1. The zero-order valence-corrected chi connectivity index (χ0v) is 16.8. The highest BCUT2D eigenvalue weighted by Gasteiger charge is 2.11. The Bertz CT molecular complexity index is 1010. The molecule has 3 rings (SSSR count). The minimum Gasteiger partial charge on any atom is -0.325 e. The van der Waals surface area contributed by atoms with E-state index in [1.54, 1.807) is 5.38 Å². The number of nitrogens with one attached hydrogen (secondary N) is 3. The second-order valence-corrected chi connectivity index (χ2v) is 7.49. The molecule has 1 heterocycles. The van der Waals surface area contributed by atoms with Crippen molar-refractivity contribution >= 4 is 39.8 Å². The Hall–Kier alpha value is -3.19. The lowest BCUT2D eigenvalue weighted by Gasteiger charge is -2.08. The van der Waals surface area contributed by atoms with Gasteiger partial charge in [-0.1, -0.05) is 24.3 Å². The average Bonchev–Trinajstić information content (AvgIpc) is 3.04. The van der Waals surface area contributed by atoms with Crippen molar-refractivity contribution in [3.05, 3.63) is 70.2 Å². The zero-order valence-electron chi connectivity index (χ0n) is 16.0. The summed E-state index contributed by atoms with van der Waals surface area (Å²) in [5.41, 5.74) is 5.27. The van der Waals surface area contributed by atoms with Gasteiger partial charge in [-0.15, -0.1) is 11.3 Å². The van der Waals surface area contributed by atoms with Gasteiger partial charge in [0.1, 0.15) is 0 Å². The highest BCUT2D eigenvalue weighted by atomic mass is 32.1. The molecular formula is C21H22N4O2S. The molecule has 6 nitrogen and oxygen atoms in total. The first-order valence-corrected chi connectivity index (χ1v) is 9.73. The number of carbonyl (C=O) groups excluding carboxylic acids is 2. The number of aryl methyl sites for hydroxylation is 3. The van der Waals surface area contributed by atoms with E-state index >= 15 is 0 Å². The van der Waals surface area contributed by atoms with Crippen LogP contribution in [0.3, 0.4) is 0 Å². The van der Waals surface area contributed by atoms with Crippen molar-refractivity contribution in [3.8, 4) is 0 Å². The van der Waals surface area contributed by atoms with Gasteiger partial charge in [-0.3, -0.25) is 10.1 Å². The normalized spacial score (nSPS) is 10.4. The van der Waals surface area contributed by atoms with Crippen LogP contribution in [0, 0.1) is 20.8 Å². The number of nitrogens with zero attached hydrogens (tertiary/aromatic N) is 1. The van der Waals surface area contributed by atoms with Gasteiger partial charge < -0.3 is 10.6 Å². The number of benzene rings is 2. The van der Waals surface area contributed by atoms with Crippen LogP contribution in [0.5, 0.6) is 0 Å². The molecule has 0 spiro atoms. The molecule has 0 unspecified atom stereocenters. The van der Waals surface area contributed by atoms with Crippen molar-refractivity contribution in [2.45, 2.75) is 27.2 Å². The van der Waals surface area contributed by atoms with Crippen molar-refractivity contribution in [2.24, 2.45) is 0 Å². The Morgan fingerprint density at radius 2 is 1.75 bits per heavy atom. The molecule has 0 bridgehead atoms. The van der Waals surface area contributed by atoms with Gasteiger partial charge in [0.2, 0.25) is 5.91 Å². The summed E-state index contributed by atoms with van der Waals surface area (Å²) in [7, 11) is 0. The lowest BCUT2D eigenvalue weighted by atomic mass is 10.1. The third-order valence-corrected chi connectivity index (χ3v) is 4.86. The molecule has 3 N–H and O–H groups in total. The summed E-state index contributed by atoms with van der Waals surface area (Å²) in [5, 5.41) is 10.6. The van der Waals surface area contributed by atoms with Crippen LogP contribution in [0.25, 0.3) is 0 Å². The van der Waals surface area contributed by atoms with Crippen molar-refractivity contribution in [2.75, 3.05) is 16.0 Å². The Morgan fingerprint density at radius 1 is 0.964 bits per heavy atom. The van der Waals surface area contributed by atoms with Gasteiger partial charge >= 0.3 is 6.03 Å². The number of urea groups is 1. The minimum atomic E-state index is -0.369. The first kappa shape index (κ1) is 19.6. The molecule has 3 amide bonds. The predicted molar refractivity (Wildman–Crippen MR) is 114 cm³/mol. The van der Waals surface area contributed by atoms with Crippen molar-refractivity contribution < 1.29 is 9.59 Å². The first-order chi connectivity index (χ1) is 13.4. The zero-order chi connectivity index (χ0) is 20.1. The maximum absolute atomic E-state index is 12.3. The number of anilines is 3. The number of hydrogen-bond acceptors (Lipinski definition) is 4. The molecule has 144 valence electrons. The van der Waals surface area contributed by atoms with Crippen LogP contribution in [0.4, 0.5) is 21.3 Å². The van der Waals surface area contributed by atoms with Crippen LogP contribution in [-0.4, -0.2) is 16.9 Å². The third-order valence-electron chi connectivity index (χ3n) is 4.06. The van der Waals surface area contributed by atoms with Crippen molar-refractivity contribution in [3.63, 3.8) is 0 Å². The van der Waals surface area contributed by atoms with E-state index < -0.39 is 0 Å². The molecule has 0 fully saturated rings. The maximum Gasteiger partial charge on any atom is 0.325 e. The van der Waals surface area contributed by atoms with E-state index in [2.05, 4.69) is 20.9 Å². The number of amides is 3.